The molecule has 0 unspecified atom stereocenters. The maximum absolute atomic E-state index is 2.67. The molecule has 0 saturated carbocycles. The molecule has 160 valence electrons. The molecule has 0 aliphatic carbocycles. The van der Waals surface area contributed by atoms with Gasteiger partial charge in [-0.1, -0.05) is 122 Å². The molecule has 0 spiro atoms. The van der Waals surface area contributed by atoms with Gasteiger partial charge in [0.2, 0.25) is 0 Å². The third-order valence-corrected chi connectivity index (χ3v) is 5.49. The lowest BCUT2D eigenvalue weighted by Crippen LogP contribution is -2.26. The van der Waals surface area contributed by atoms with Crippen LogP contribution in [0.5, 0.6) is 0 Å². The first kappa shape index (κ1) is 25.0. The van der Waals surface area contributed by atoms with Crippen LogP contribution < -0.4 is 0 Å². The summed E-state index contributed by atoms with van der Waals surface area (Å²) in [7, 11) is 0. The molecule has 1 heteroatoms. The van der Waals surface area contributed by atoms with Crippen molar-refractivity contribution in [2.75, 3.05) is 19.6 Å². The minimum Gasteiger partial charge on any atom is -0.300 e. The minimum atomic E-state index is 0.857. The first-order chi connectivity index (χ1) is 13.6. The molecule has 0 atom stereocenters. The van der Waals surface area contributed by atoms with E-state index in [1.165, 1.54) is 82.9 Å². The molecule has 0 aliphatic rings. The highest BCUT2D eigenvalue weighted by molar-refractivity contribution is 5.48. The van der Waals surface area contributed by atoms with Gasteiger partial charge in [0.05, 0.1) is 0 Å². The lowest BCUT2D eigenvalue weighted by atomic mass is 10.0. The fraction of sp³-hybridized carbons (Fsp3) is 0.704. The van der Waals surface area contributed by atoms with Gasteiger partial charge in [-0.2, -0.15) is 0 Å². The van der Waals surface area contributed by atoms with Crippen molar-refractivity contribution >= 4 is 6.08 Å². The SMILES string of the molecule is CC(C)CCCCCCN(CC=Cc1ccccc1)CCCCCCC(C)C. The van der Waals surface area contributed by atoms with E-state index in [0.717, 1.165) is 18.4 Å². The Hall–Kier alpha value is -1.08. The van der Waals surface area contributed by atoms with Gasteiger partial charge in [0.25, 0.3) is 0 Å². The van der Waals surface area contributed by atoms with Crippen molar-refractivity contribution in [3.63, 3.8) is 0 Å². The van der Waals surface area contributed by atoms with Crippen LogP contribution >= 0.6 is 0 Å². The van der Waals surface area contributed by atoms with E-state index in [0.29, 0.717) is 0 Å². The predicted molar refractivity (Wildman–Crippen MR) is 128 cm³/mol. The summed E-state index contributed by atoms with van der Waals surface area (Å²) < 4.78 is 0. The van der Waals surface area contributed by atoms with Gasteiger partial charge in [0.15, 0.2) is 0 Å². The third kappa shape index (κ3) is 14.9. The van der Waals surface area contributed by atoms with Gasteiger partial charge in [-0.3, -0.25) is 4.90 Å². The van der Waals surface area contributed by atoms with Crippen LogP contribution in [0.2, 0.25) is 0 Å². The van der Waals surface area contributed by atoms with Crippen LogP contribution in [0.1, 0.15) is 97.5 Å². The highest BCUT2D eigenvalue weighted by Gasteiger charge is 2.04. The number of benzene rings is 1. The predicted octanol–water partition coefficient (Wildman–Crippen LogP) is 8.21. The Morgan fingerprint density at radius 3 is 1.68 bits per heavy atom. The average Bonchev–Trinajstić information content (AvgIpc) is 2.67. The van der Waals surface area contributed by atoms with Gasteiger partial charge >= 0.3 is 0 Å². The molecule has 0 fully saturated rings. The summed E-state index contributed by atoms with van der Waals surface area (Å²) in [4.78, 5) is 2.67. The molecule has 0 heterocycles. The van der Waals surface area contributed by atoms with Crippen molar-refractivity contribution in [2.24, 2.45) is 11.8 Å². The van der Waals surface area contributed by atoms with Crippen LogP contribution in [-0.4, -0.2) is 24.5 Å². The first-order valence-corrected chi connectivity index (χ1v) is 12.0. The van der Waals surface area contributed by atoms with Crippen LogP contribution in [0.25, 0.3) is 6.08 Å². The molecule has 0 saturated heterocycles. The topological polar surface area (TPSA) is 3.24 Å². The van der Waals surface area contributed by atoms with E-state index in [9.17, 15) is 0 Å². The molecule has 0 aliphatic heterocycles. The lowest BCUT2D eigenvalue weighted by Gasteiger charge is -2.21. The largest absolute Gasteiger partial charge is 0.300 e. The molecule has 0 bridgehead atoms. The van der Waals surface area contributed by atoms with E-state index < -0.39 is 0 Å². The summed E-state index contributed by atoms with van der Waals surface area (Å²) in [5, 5.41) is 0. The number of hydrogen-bond acceptors (Lipinski definition) is 1. The zero-order valence-corrected chi connectivity index (χ0v) is 19.3. The Labute approximate surface area is 176 Å². The van der Waals surface area contributed by atoms with Gasteiger partial charge in [-0.25, -0.2) is 0 Å². The lowest BCUT2D eigenvalue weighted by molar-refractivity contribution is 0.285. The highest BCUT2D eigenvalue weighted by atomic mass is 15.1. The van der Waals surface area contributed by atoms with E-state index in [1.54, 1.807) is 0 Å². The number of unbranched alkanes of at least 4 members (excludes halogenated alkanes) is 6. The Morgan fingerprint density at radius 1 is 0.679 bits per heavy atom. The van der Waals surface area contributed by atoms with Crippen LogP contribution in [0.3, 0.4) is 0 Å². The average molecular weight is 386 g/mol. The fourth-order valence-corrected chi connectivity index (χ4v) is 3.68. The summed E-state index contributed by atoms with van der Waals surface area (Å²) in [5.41, 5.74) is 1.31. The van der Waals surface area contributed by atoms with Crippen LogP contribution in [-0.2, 0) is 0 Å². The second kappa shape index (κ2) is 16.8. The summed E-state index contributed by atoms with van der Waals surface area (Å²) >= 11 is 0. The third-order valence-electron chi connectivity index (χ3n) is 5.49. The van der Waals surface area contributed by atoms with Crippen molar-refractivity contribution in [3.05, 3.63) is 42.0 Å². The summed E-state index contributed by atoms with van der Waals surface area (Å²) in [6.45, 7) is 12.9. The highest BCUT2D eigenvalue weighted by Crippen LogP contribution is 2.12. The van der Waals surface area contributed by atoms with E-state index in [1.807, 2.05) is 0 Å². The molecule has 1 rings (SSSR count). The zero-order chi connectivity index (χ0) is 20.5. The van der Waals surface area contributed by atoms with Gasteiger partial charge < -0.3 is 0 Å². The molecule has 1 aromatic carbocycles. The smallest absolute Gasteiger partial charge is 0.0166 e. The van der Waals surface area contributed by atoms with Gasteiger partial charge in [-0.05, 0) is 43.3 Å². The molecule has 1 aromatic rings. The fourth-order valence-electron chi connectivity index (χ4n) is 3.68. The molecule has 0 aromatic heterocycles. The summed E-state index contributed by atoms with van der Waals surface area (Å²) in [5.74, 6) is 1.71. The number of rotatable bonds is 17. The monoisotopic (exact) mass is 385 g/mol. The number of nitrogens with zero attached hydrogens (tertiary/aromatic N) is 1. The minimum absolute atomic E-state index is 0.857. The van der Waals surface area contributed by atoms with Crippen LogP contribution in [0.15, 0.2) is 36.4 Å². The Balaban J connectivity index is 2.29. The van der Waals surface area contributed by atoms with Crippen molar-refractivity contribution in [1.82, 2.24) is 4.90 Å². The Bertz CT molecular complexity index is 454. The van der Waals surface area contributed by atoms with Gasteiger partial charge in [-0.15, -0.1) is 0 Å². The molecule has 0 amide bonds. The molecular formula is C27H47N. The molecular weight excluding hydrogens is 338 g/mol. The maximum atomic E-state index is 2.67. The van der Waals surface area contributed by atoms with Crippen molar-refractivity contribution < 1.29 is 0 Å². The quantitative estimate of drug-likeness (QED) is 0.244. The number of hydrogen-bond donors (Lipinski definition) is 0. The second-order valence-corrected chi connectivity index (χ2v) is 9.31. The van der Waals surface area contributed by atoms with Gasteiger partial charge in [0, 0.05) is 6.54 Å². The first-order valence-electron chi connectivity index (χ1n) is 12.0. The van der Waals surface area contributed by atoms with Crippen molar-refractivity contribution in [3.8, 4) is 0 Å². The summed E-state index contributed by atoms with van der Waals surface area (Å²) in [6, 6.07) is 10.7. The molecule has 0 radical (unpaired) electrons. The normalized spacial score (nSPS) is 12.1. The van der Waals surface area contributed by atoms with Crippen molar-refractivity contribution in [1.29, 1.82) is 0 Å². The molecule has 1 nitrogen and oxygen atoms in total. The Morgan fingerprint density at radius 2 is 1.18 bits per heavy atom. The zero-order valence-electron chi connectivity index (χ0n) is 19.3. The second-order valence-electron chi connectivity index (χ2n) is 9.31. The van der Waals surface area contributed by atoms with Crippen molar-refractivity contribution in [2.45, 2.75) is 91.9 Å². The van der Waals surface area contributed by atoms with E-state index in [-0.39, 0.29) is 0 Å². The molecule has 0 N–H and O–H groups in total. The van der Waals surface area contributed by atoms with E-state index in [4.69, 9.17) is 0 Å². The maximum Gasteiger partial charge on any atom is 0.0166 e. The Kier molecular flexibility index (Phi) is 15.0. The molecule has 28 heavy (non-hydrogen) atoms. The van der Waals surface area contributed by atoms with E-state index in [2.05, 4.69) is 75.1 Å². The van der Waals surface area contributed by atoms with E-state index >= 15 is 0 Å². The van der Waals surface area contributed by atoms with Crippen LogP contribution in [0, 0.1) is 11.8 Å². The van der Waals surface area contributed by atoms with Crippen LogP contribution in [0.4, 0.5) is 0 Å². The van der Waals surface area contributed by atoms with Gasteiger partial charge in [0.1, 0.15) is 0 Å². The summed E-state index contributed by atoms with van der Waals surface area (Å²) in [6.07, 6.45) is 18.5. The standard InChI is InChI=1S/C27H47N/c1-25(2)17-10-5-7-14-22-28(23-15-8-6-11-18-26(3)4)24-16-21-27-19-12-9-13-20-27/h9,12-13,16,19-21,25-26H,5-8,10-11,14-15,17-18,22-24H2,1-4H3.